The van der Waals surface area contributed by atoms with Crippen molar-refractivity contribution in [2.45, 2.75) is 102 Å². The van der Waals surface area contributed by atoms with E-state index in [0.717, 1.165) is 30.3 Å². The first-order valence-corrected chi connectivity index (χ1v) is 16.1. The Labute approximate surface area is 264 Å². The van der Waals surface area contributed by atoms with Crippen molar-refractivity contribution in [2.24, 2.45) is 17.8 Å². The number of ether oxygens (including phenoxy) is 2. The fraction of sp³-hybridized carbons (Fsp3) is 0.543. The van der Waals surface area contributed by atoms with Gasteiger partial charge in [-0.15, -0.1) is 13.2 Å². The van der Waals surface area contributed by atoms with Gasteiger partial charge in [0.2, 0.25) is 0 Å². The summed E-state index contributed by atoms with van der Waals surface area (Å²) < 4.78 is 104. The van der Waals surface area contributed by atoms with E-state index < -0.39 is 41.2 Å². The molecular formula is C35H39F7N2O2. The second-order valence-corrected chi connectivity index (χ2v) is 12.6. The summed E-state index contributed by atoms with van der Waals surface area (Å²) in [6, 6.07) is 1.52. The number of halogens is 7. The average Bonchev–Trinajstić information content (AvgIpc) is 3.02. The molecule has 1 saturated carbocycles. The van der Waals surface area contributed by atoms with Crippen molar-refractivity contribution in [1.82, 2.24) is 9.97 Å². The van der Waals surface area contributed by atoms with Crippen molar-refractivity contribution in [1.29, 1.82) is 0 Å². The van der Waals surface area contributed by atoms with Crippen LogP contribution >= 0.6 is 0 Å². The first kappa shape index (κ1) is 34.0. The standard InChI is InChI=1S/C35H39F7N2O2/c1-2-3-4-5-22-6-8-24(9-7-22)27-20-43-33(44-21-27)25-12-10-23(11-13-25)26-14-16-29(30(36)18-26)34(38,39)45-28-15-17-32(31(37)19-28)46-35(40,41)42/h10,12,15-26H,2-9,11,13-14H2,1H3/t22?,23-,24?,25+,26-/m1/s1. The van der Waals surface area contributed by atoms with Crippen LogP contribution in [0.5, 0.6) is 11.5 Å². The number of aromatic nitrogens is 2. The van der Waals surface area contributed by atoms with Gasteiger partial charge in [0.1, 0.15) is 17.4 Å². The molecule has 0 unspecified atom stereocenters. The van der Waals surface area contributed by atoms with Gasteiger partial charge < -0.3 is 9.47 Å². The van der Waals surface area contributed by atoms with Gasteiger partial charge in [0.25, 0.3) is 0 Å². The summed E-state index contributed by atoms with van der Waals surface area (Å²) in [7, 11) is 0. The summed E-state index contributed by atoms with van der Waals surface area (Å²) in [5.74, 6) is -3.03. The maximum Gasteiger partial charge on any atom is 0.573 e. The van der Waals surface area contributed by atoms with Crippen LogP contribution in [0, 0.1) is 23.6 Å². The fourth-order valence-corrected chi connectivity index (χ4v) is 6.84. The number of hydrogen-bond donors (Lipinski definition) is 0. The van der Waals surface area contributed by atoms with Crippen LogP contribution in [0.15, 0.2) is 66.3 Å². The lowest BCUT2D eigenvalue weighted by Crippen LogP contribution is -2.30. The smallest absolute Gasteiger partial charge is 0.429 e. The second kappa shape index (κ2) is 14.6. The van der Waals surface area contributed by atoms with E-state index in [1.165, 1.54) is 56.9 Å². The van der Waals surface area contributed by atoms with Gasteiger partial charge in [-0.1, -0.05) is 50.8 Å². The van der Waals surface area contributed by atoms with Gasteiger partial charge in [-0.2, -0.15) is 8.78 Å². The van der Waals surface area contributed by atoms with Crippen molar-refractivity contribution in [3.8, 4) is 11.5 Å². The molecule has 3 aliphatic rings. The quantitative estimate of drug-likeness (QED) is 0.138. The molecular weight excluding hydrogens is 613 g/mol. The molecule has 46 heavy (non-hydrogen) atoms. The maximum atomic E-state index is 15.0. The SMILES string of the molecule is CCCCCC1CCC(c2cnc([C@H]3C=C[C@@H]([C@H]4C=C(F)C(C(F)(F)Oc5ccc(OC(F)(F)F)c(F)c5)=CC4)CC3)nc2)CC1. The van der Waals surface area contributed by atoms with Gasteiger partial charge in [-0.3, -0.25) is 0 Å². The third-order valence-electron chi connectivity index (χ3n) is 9.41. The van der Waals surface area contributed by atoms with E-state index in [1.807, 2.05) is 24.5 Å². The Balaban J connectivity index is 1.13. The van der Waals surface area contributed by atoms with Crippen LogP contribution in [0.3, 0.4) is 0 Å². The number of alkyl halides is 5. The van der Waals surface area contributed by atoms with Crippen LogP contribution in [0.2, 0.25) is 0 Å². The number of allylic oxidation sites excluding steroid dienone is 4. The zero-order valence-corrected chi connectivity index (χ0v) is 25.7. The van der Waals surface area contributed by atoms with Crippen molar-refractivity contribution >= 4 is 0 Å². The van der Waals surface area contributed by atoms with Crippen LogP contribution in [0.1, 0.15) is 101 Å². The molecule has 0 bridgehead atoms. The van der Waals surface area contributed by atoms with E-state index in [4.69, 9.17) is 0 Å². The molecule has 1 fully saturated rings. The predicted octanol–water partition coefficient (Wildman–Crippen LogP) is 10.9. The molecule has 2 aromatic rings. The van der Waals surface area contributed by atoms with Crippen LogP contribution < -0.4 is 9.47 Å². The summed E-state index contributed by atoms with van der Waals surface area (Å²) in [6.45, 7) is 2.24. The van der Waals surface area contributed by atoms with Gasteiger partial charge in [-0.25, -0.2) is 18.7 Å². The number of nitrogens with zero attached hydrogens (tertiary/aromatic N) is 2. The zero-order valence-electron chi connectivity index (χ0n) is 25.7. The highest BCUT2D eigenvalue weighted by molar-refractivity contribution is 5.38. The number of unbranched alkanes of at least 4 members (excludes halogenated alkanes) is 2. The van der Waals surface area contributed by atoms with Crippen molar-refractivity contribution in [3.05, 3.63) is 83.5 Å². The molecule has 0 amide bonds. The average molecular weight is 653 g/mol. The molecule has 4 nitrogen and oxygen atoms in total. The fourth-order valence-electron chi connectivity index (χ4n) is 6.84. The lowest BCUT2D eigenvalue weighted by Gasteiger charge is -2.30. The molecule has 5 rings (SSSR count). The third-order valence-corrected chi connectivity index (χ3v) is 9.41. The Morgan fingerprint density at radius 2 is 1.59 bits per heavy atom. The van der Waals surface area contributed by atoms with E-state index in [-0.39, 0.29) is 24.2 Å². The summed E-state index contributed by atoms with van der Waals surface area (Å²) >= 11 is 0. The molecule has 0 saturated heterocycles. The highest BCUT2D eigenvalue weighted by atomic mass is 19.4. The van der Waals surface area contributed by atoms with Gasteiger partial charge in [0, 0.05) is 24.4 Å². The van der Waals surface area contributed by atoms with Gasteiger partial charge >= 0.3 is 12.5 Å². The predicted molar refractivity (Wildman–Crippen MR) is 160 cm³/mol. The molecule has 1 aromatic carbocycles. The molecule has 0 N–H and O–H groups in total. The van der Waals surface area contributed by atoms with Crippen LogP contribution in [0.4, 0.5) is 30.7 Å². The van der Waals surface area contributed by atoms with Gasteiger partial charge in [-0.05, 0) is 92.4 Å². The molecule has 0 radical (unpaired) electrons. The number of hydrogen-bond acceptors (Lipinski definition) is 4. The summed E-state index contributed by atoms with van der Waals surface area (Å²) in [5.41, 5.74) is 0.174. The van der Waals surface area contributed by atoms with E-state index >= 15 is 0 Å². The summed E-state index contributed by atoms with van der Waals surface area (Å²) in [5, 5.41) is 0. The van der Waals surface area contributed by atoms with E-state index in [0.29, 0.717) is 30.5 Å². The summed E-state index contributed by atoms with van der Waals surface area (Å²) in [6.07, 6.45) is 12.4. The normalized spacial score (nSPS) is 25.5. The minimum Gasteiger partial charge on any atom is -0.429 e. The van der Waals surface area contributed by atoms with E-state index in [9.17, 15) is 30.7 Å². The Morgan fingerprint density at radius 1 is 0.848 bits per heavy atom. The molecule has 3 aliphatic carbocycles. The minimum absolute atomic E-state index is 0.0224. The lowest BCUT2D eigenvalue weighted by molar-refractivity contribution is -0.275. The molecule has 1 aromatic heterocycles. The molecule has 0 spiro atoms. The van der Waals surface area contributed by atoms with Crippen molar-refractivity contribution < 1.29 is 40.2 Å². The van der Waals surface area contributed by atoms with Crippen molar-refractivity contribution in [2.75, 3.05) is 0 Å². The number of benzene rings is 1. The Kier molecular flexibility index (Phi) is 10.8. The third kappa shape index (κ3) is 8.70. The van der Waals surface area contributed by atoms with Crippen molar-refractivity contribution in [3.63, 3.8) is 0 Å². The maximum absolute atomic E-state index is 15.0. The first-order chi connectivity index (χ1) is 21.9. The second-order valence-electron chi connectivity index (χ2n) is 12.6. The van der Waals surface area contributed by atoms with E-state index in [2.05, 4.69) is 26.4 Å². The van der Waals surface area contributed by atoms with Crippen LogP contribution in [0.25, 0.3) is 0 Å². The van der Waals surface area contributed by atoms with Gasteiger partial charge in [0.05, 0.1) is 5.57 Å². The van der Waals surface area contributed by atoms with Crippen LogP contribution in [-0.4, -0.2) is 22.4 Å². The zero-order chi connectivity index (χ0) is 32.9. The molecule has 0 aliphatic heterocycles. The Hall–Kier alpha value is -3.37. The number of rotatable bonds is 11. The van der Waals surface area contributed by atoms with Crippen LogP contribution in [-0.2, 0) is 0 Å². The molecule has 250 valence electrons. The first-order valence-electron chi connectivity index (χ1n) is 16.1. The minimum atomic E-state index is -5.16. The largest absolute Gasteiger partial charge is 0.573 e. The van der Waals surface area contributed by atoms with E-state index in [1.54, 1.807) is 0 Å². The summed E-state index contributed by atoms with van der Waals surface area (Å²) in [4.78, 5) is 9.37. The molecule has 11 heteroatoms. The highest BCUT2D eigenvalue weighted by Gasteiger charge is 2.42. The topological polar surface area (TPSA) is 44.2 Å². The Bertz CT molecular complexity index is 1410. The molecule has 3 atom stereocenters. The molecule has 1 heterocycles. The lowest BCUT2D eigenvalue weighted by atomic mass is 9.77. The van der Waals surface area contributed by atoms with Gasteiger partial charge in [0.15, 0.2) is 11.6 Å². The highest BCUT2D eigenvalue weighted by Crippen LogP contribution is 2.43. The monoisotopic (exact) mass is 652 g/mol. The Morgan fingerprint density at radius 3 is 2.20 bits per heavy atom.